The molecule has 110 valence electrons. The van der Waals surface area contributed by atoms with E-state index in [-0.39, 0.29) is 16.6 Å². The number of ether oxygens (including phenoxy) is 1. The number of nitrogens with one attached hydrogen (secondary N) is 1. The molecule has 0 atom stereocenters. The number of aromatic amines is 1. The van der Waals surface area contributed by atoms with Gasteiger partial charge in [0.15, 0.2) is 17.3 Å². The van der Waals surface area contributed by atoms with Crippen molar-refractivity contribution in [3.63, 3.8) is 0 Å². The number of imidazole rings is 1. The number of aromatic nitrogens is 2. The maximum absolute atomic E-state index is 13.5. The van der Waals surface area contributed by atoms with Gasteiger partial charge in [-0.3, -0.25) is 9.36 Å². The zero-order valence-corrected chi connectivity index (χ0v) is 11.3. The minimum Gasteiger partial charge on any atom is -0.502 e. The molecule has 1 heterocycles. The highest BCUT2D eigenvalue weighted by Crippen LogP contribution is 2.30. The minimum atomic E-state index is -0.870. The Morgan fingerprint density at radius 1 is 1.48 bits per heavy atom. The molecule has 0 unspecified atom stereocenters. The van der Waals surface area contributed by atoms with E-state index < -0.39 is 17.1 Å². The second-order valence-electron chi connectivity index (χ2n) is 4.22. The molecule has 2 rings (SSSR count). The van der Waals surface area contributed by atoms with Crippen LogP contribution in [0, 0.1) is 10.7 Å². The van der Waals surface area contributed by atoms with Crippen LogP contribution in [0.5, 0.6) is 11.5 Å². The summed E-state index contributed by atoms with van der Waals surface area (Å²) in [6.07, 6.45) is 2.33. The van der Waals surface area contributed by atoms with Crippen LogP contribution in [0.25, 0.3) is 12.3 Å². The summed E-state index contributed by atoms with van der Waals surface area (Å²) in [6, 6.07) is 2.43. The molecular weight excluding hydrogens is 281 g/mol. The van der Waals surface area contributed by atoms with Gasteiger partial charge in [0.1, 0.15) is 17.0 Å². The van der Waals surface area contributed by atoms with Crippen molar-refractivity contribution in [2.45, 2.75) is 0 Å². The van der Waals surface area contributed by atoms with E-state index in [4.69, 9.17) is 4.74 Å². The molecule has 7 nitrogen and oxygen atoms in total. The van der Waals surface area contributed by atoms with Crippen LogP contribution in [-0.4, -0.2) is 21.8 Å². The largest absolute Gasteiger partial charge is 0.502 e. The molecular formula is C13H12FN3O4. The first kappa shape index (κ1) is 14.5. The van der Waals surface area contributed by atoms with Crippen LogP contribution < -0.4 is 21.1 Å². The van der Waals surface area contributed by atoms with Crippen molar-refractivity contribution in [3.05, 3.63) is 49.6 Å². The third kappa shape index (κ3) is 2.69. The van der Waals surface area contributed by atoms with E-state index in [9.17, 15) is 19.2 Å². The van der Waals surface area contributed by atoms with Crippen molar-refractivity contribution < 1.29 is 14.2 Å². The lowest BCUT2D eigenvalue weighted by Gasteiger charge is -2.04. The van der Waals surface area contributed by atoms with Crippen LogP contribution in [0.15, 0.2) is 22.1 Å². The number of phenols is 1. The number of rotatable bonds is 3. The van der Waals surface area contributed by atoms with Gasteiger partial charge in [-0.25, -0.2) is 4.39 Å². The van der Waals surface area contributed by atoms with Crippen molar-refractivity contribution in [1.29, 1.82) is 0 Å². The lowest BCUT2D eigenvalue weighted by molar-refractivity contribution is 0.357. The van der Waals surface area contributed by atoms with Gasteiger partial charge in [0, 0.05) is 7.05 Å². The Morgan fingerprint density at radius 2 is 2.19 bits per heavy atom. The van der Waals surface area contributed by atoms with Gasteiger partial charge in [0.2, 0.25) is 0 Å². The zero-order valence-electron chi connectivity index (χ0n) is 11.3. The van der Waals surface area contributed by atoms with Gasteiger partial charge in [-0.2, -0.15) is 0 Å². The Balaban J connectivity index is 2.68. The summed E-state index contributed by atoms with van der Waals surface area (Å²) >= 11 is 0. The lowest BCUT2D eigenvalue weighted by Crippen LogP contribution is -2.28. The number of methoxy groups -OCH3 is 1. The molecule has 2 N–H and O–H groups in total. The van der Waals surface area contributed by atoms with Crippen molar-refractivity contribution in [2.24, 2.45) is 12.2 Å². The fourth-order valence-corrected chi connectivity index (χ4v) is 1.83. The maximum atomic E-state index is 13.5. The highest BCUT2D eigenvalue weighted by atomic mass is 19.1. The van der Waals surface area contributed by atoms with Crippen LogP contribution in [0.3, 0.4) is 0 Å². The molecule has 1 aromatic carbocycles. The summed E-state index contributed by atoms with van der Waals surface area (Å²) in [6.45, 7) is 0. The first-order valence-corrected chi connectivity index (χ1v) is 5.84. The number of phenolic OH excluding ortho intramolecular Hbond substituents is 1. The van der Waals surface area contributed by atoms with Gasteiger partial charge >= 0.3 is 0 Å². The van der Waals surface area contributed by atoms with Gasteiger partial charge in [0.05, 0.1) is 7.11 Å². The molecule has 8 heteroatoms. The van der Waals surface area contributed by atoms with E-state index in [1.807, 2.05) is 0 Å². The molecule has 0 aliphatic rings. The molecule has 0 saturated heterocycles. The number of hydrogen-bond donors (Lipinski definition) is 2. The summed E-state index contributed by atoms with van der Waals surface area (Å²) in [4.78, 5) is 24.9. The van der Waals surface area contributed by atoms with Crippen molar-refractivity contribution >= 4 is 12.3 Å². The maximum Gasteiger partial charge on any atom is 0.275 e. The number of benzene rings is 1. The Hall–Kier alpha value is -2.90. The van der Waals surface area contributed by atoms with Crippen LogP contribution in [-0.2, 0) is 7.05 Å². The average Bonchev–Trinajstić information content (AvgIpc) is 2.71. The third-order valence-corrected chi connectivity index (χ3v) is 2.92. The number of hydrogen-bond acceptors (Lipinski definition) is 5. The normalized spacial score (nSPS) is 12.7. The molecule has 0 radical (unpaired) electrons. The van der Waals surface area contributed by atoms with Crippen molar-refractivity contribution in [2.75, 3.05) is 7.11 Å². The van der Waals surface area contributed by atoms with Crippen molar-refractivity contribution in [3.8, 4) is 11.5 Å². The van der Waals surface area contributed by atoms with Gasteiger partial charge in [-0.05, 0) is 28.9 Å². The topological polar surface area (TPSA) is 96.7 Å². The Morgan fingerprint density at radius 3 is 2.81 bits per heavy atom. The molecule has 21 heavy (non-hydrogen) atoms. The highest BCUT2D eigenvalue weighted by molar-refractivity contribution is 5.55. The third-order valence-electron chi connectivity index (χ3n) is 2.92. The molecule has 2 aromatic rings. The summed E-state index contributed by atoms with van der Waals surface area (Å²) in [5, 5.41) is 12.1. The quantitative estimate of drug-likeness (QED) is 0.772. The Labute approximate surface area is 117 Å². The zero-order chi connectivity index (χ0) is 15.6. The average molecular weight is 293 g/mol. The van der Waals surface area contributed by atoms with E-state index in [1.165, 1.54) is 30.9 Å². The fourth-order valence-electron chi connectivity index (χ4n) is 1.83. The Kier molecular flexibility index (Phi) is 3.88. The van der Waals surface area contributed by atoms with Crippen LogP contribution in [0.1, 0.15) is 5.56 Å². The lowest BCUT2D eigenvalue weighted by atomic mass is 10.2. The van der Waals surface area contributed by atoms with E-state index in [0.29, 0.717) is 5.56 Å². The number of H-pyrrole nitrogens is 1. The summed E-state index contributed by atoms with van der Waals surface area (Å²) in [5.74, 6) is -1.52. The van der Waals surface area contributed by atoms with E-state index in [0.717, 1.165) is 12.3 Å². The monoisotopic (exact) mass is 293 g/mol. The summed E-state index contributed by atoms with van der Waals surface area (Å²) in [5.41, 5.74) is 0.122. The standard InChI is InChI=1S/C13H12FN3O4/c1-17-11(6-15-20)16-9(13(17)19)4-7-3-8(14)12(18)10(5-7)21-2/h3-6,16,18H,1-2H3/b9-4+,11-6?. The van der Waals surface area contributed by atoms with E-state index in [2.05, 4.69) is 10.2 Å². The fraction of sp³-hybridized carbons (Fsp3) is 0.154. The van der Waals surface area contributed by atoms with Crippen LogP contribution >= 0.6 is 0 Å². The van der Waals surface area contributed by atoms with Crippen molar-refractivity contribution in [1.82, 2.24) is 9.55 Å². The molecule has 0 aliphatic carbocycles. The molecule has 0 bridgehead atoms. The molecule has 0 fully saturated rings. The van der Waals surface area contributed by atoms with E-state index >= 15 is 0 Å². The molecule has 0 saturated carbocycles. The molecule has 0 spiro atoms. The number of halogens is 1. The number of nitroso groups, excluding NO2 is 1. The van der Waals surface area contributed by atoms with Gasteiger partial charge in [-0.15, -0.1) is 4.91 Å². The summed E-state index contributed by atoms with van der Waals surface area (Å²) < 4.78 is 19.6. The van der Waals surface area contributed by atoms with Gasteiger partial charge < -0.3 is 14.8 Å². The molecule has 1 aromatic heterocycles. The van der Waals surface area contributed by atoms with Gasteiger partial charge in [-0.1, -0.05) is 0 Å². The van der Waals surface area contributed by atoms with E-state index in [1.54, 1.807) is 0 Å². The first-order valence-electron chi connectivity index (χ1n) is 5.84. The Bertz CT molecular complexity index is 867. The predicted octanol–water partition coefficient (Wildman–Crippen LogP) is -0.100. The van der Waals surface area contributed by atoms with Gasteiger partial charge in [0.25, 0.3) is 5.56 Å². The number of aromatic hydroxyl groups is 1. The SMILES string of the molecule is COc1cc(/C=c2/[nH]c(=CN=O)n(C)c2=O)cc(F)c1O. The van der Waals surface area contributed by atoms with Crippen LogP contribution in [0.2, 0.25) is 0 Å². The molecule has 0 aliphatic heterocycles. The second-order valence-corrected chi connectivity index (χ2v) is 4.22. The number of nitrogens with zero attached hydrogens (tertiary/aromatic N) is 2. The second kappa shape index (κ2) is 5.61. The molecule has 0 amide bonds. The smallest absolute Gasteiger partial charge is 0.275 e. The summed E-state index contributed by atoms with van der Waals surface area (Å²) in [7, 11) is 2.75. The van der Waals surface area contributed by atoms with Crippen LogP contribution in [0.4, 0.5) is 4.39 Å². The first-order chi connectivity index (χ1) is 9.97. The highest BCUT2D eigenvalue weighted by Gasteiger charge is 2.09. The predicted molar refractivity (Wildman–Crippen MR) is 73.7 cm³/mol. The minimum absolute atomic E-state index is 0.0500.